The minimum Gasteiger partial charge on any atom is -0.465 e. The van der Waals surface area contributed by atoms with Crippen LogP contribution in [0.2, 0.25) is 0 Å². The molecule has 0 aliphatic carbocycles. The highest BCUT2D eigenvalue weighted by Crippen LogP contribution is 2.35. The van der Waals surface area contributed by atoms with Gasteiger partial charge in [0.1, 0.15) is 5.00 Å². The molecular weight excluding hydrogens is 294 g/mol. The zero-order valence-electron chi connectivity index (χ0n) is 8.86. The van der Waals surface area contributed by atoms with Crippen LogP contribution < -0.4 is 4.90 Å². The van der Waals surface area contributed by atoms with E-state index in [1.165, 1.54) is 7.11 Å². The molecule has 0 aromatic carbocycles. The van der Waals surface area contributed by atoms with Gasteiger partial charge in [0.05, 0.1) is 29.7 Å². The molecule has 1 aromatic rings. The van der Waals surface area contributed by atoms with E-state index in [1.807, 2.05) is 0 Å². The Labute approximate surface area is 106 Å². The molecule has 2 rings (SSSR count). The second-order valence-electron chi connectivity index (χ2n) is 3.36. The van der Waals surface area contributed by atoms with Gasteiger partial charge in [0.15, 0.2) is 0 Å². The Morgan fingerprint density at radius 2 is 2.25 bits per heavy atom. The summed E-state index contributed by atoms with van der Waals surface area (Å²) < 4.78 is 11.0. The Morgan fingerprint density at radius 3 is 2.88 bits per heavy atom. The molecule has 88 valence electrons. The van der Waals surface area contributed by atoms with Gasteiger partial charge in [-0.1, -0.05) is 0 Å². The van der Waals surface area contributed by atoms with Crippen molar-refractivity contribution in [2.24, 2.45) is 0 Å². The van der Waals surface area contributed by atoms with Gasteiger partial charge in [0.25, 0.3) is 0 Å². The molecular formula is C10H12BrNO3S. The largest absolute Gasteiger partial charge is 0.465 e. The van der Waals surface area contributed by atoms with Crippen molar-refractivity contribution in [1.82, 2.24) is 0 Å². The van der Waals surface area contributed by atoms with Crippen molar-refractivity contribution in [3.63, 3.8) is 0 Å². The monoisotopic (exact) mass is 305 g/mol. The van der Waals surface area contributed by atoms with Crippen molar-refractivity contribution in [3.8, 4) is 0 Å². The fraction of sp³-hybridized carbons (Fsp3) is 0.500. The number of morpholine rings is 1. The van der Waals surface area contributed by atoms with E-state index in [1.54, 1.807) is 17.4 Å². The van der Waals surface area contributed by atoms with Gasteiger partial charge in [0.2, 0.25) is 0 Å². The number of hydrogen-bond donors (Lipinski definition) is 0. The minimum absolute atomic E-state index is 0.288. The van der Waals surface area contributed by atoms with Gasteiger partial charge >= 0.3 is 5.97 Å². The van der Waals surface area contributed by atoms with Gasteiger partial charge in [-0.3, -0.25) is 0 Å². The number of halogens is 1. The lowest BCUT2D eigenvalue weighted by Crippen LogP contribution is -2.36. The van der Waals surface area contributed by atoms with Gasteiger partial charge in [-0.15, -0.1) is 11.3 Å². The maximum absolute atomic E-state index is 11.6. The first kappa shape index (κ1) is 11.9. The molecule has 0 spiro atoms. The first-order valence-electron chi connectivity index (χ1n) is 4.92. The summed E-state index contributed by atoms with van der Waals surface area (Å²) >= 11 is 4.95. The number of esters is 1. The Bertz CT molecular complexity index is 387. The summed E-state index contributed by atoms with van der Waals surface area (Å²) in [7, 11) is 1.40. The van der Waals surface area contributed by atoms with Crippen LogP contribution in [0.3, 0.4) is 0 Å². The van der Waals surface area contributed by atoms with E-state index in [2.05, 4.69) is 20.8 Å². The van der Waals surface area contributed by atoms with E-state index >= 15 is 0 Å². The SMILES string of the molecule is COC(=O)c1cc(Br)sc1N1CCOCC1. The topological polar surface area (TPSA) is 38.8 Å². The Morgan fingerprint density at radius 1 is 1.56 bits per heavy atom. The summed E-state index contributed by atoms with van der Waals surface area (Å²) in [6.07, 6.45) is 0. The van der Waals surface area contributed by atoms with Crippen LogP contribution in [0.5, 0.6) is 0 Å². The zero-order chi connectivity index (χ0) is 11.5. The standard InChI is InChI=1S/C10H12BrNO3S/c1-14-10(13)7-6-8(11)16-9(7)12-2-4-15-5-3-12/h6H,2-5H2,1H3. The third kappa shape index (κ3) is 2.39. The number of methoxy groups -OCH3 is 1. The number of hydrogen-bond acceptors (Lipinski definition) is 5. The third-order valence-electron chi connectivity index (χ3n) is 2.39. The lowest BCUT2D eigenvalue weighted by atomic mass is 10.3. The van der Waals surface area contributed by atoms with Crippen LogP contribution in [-0.2, 0) is 9.47 Å². The number of thiophene rings is 1. The number of carbonyl (C=O) groups is 1. The maximum Gasteiger partial charge on any atom is 0.340 e. The van der Waals surface area contributed by atoms with Crippen molar-refractivity contribution >= 4 is 38.2 Å². The summed E-state index contributed by atoms with van der Waals surface area (Å²) in [6.45, 7) is 3.04. The minimum atomic E-state index is -0.288. The molecule has 4 nitrogen and oxygen atoms in total. The average molecular weight is 306 g/mol. The number of nitrogens with zero attached hydrogens (tertiary/aromatic N) is 1. The van der Waals surface area contributed by atoms with Crippen LogP contribution in [0, 0.1) is 0 Å². The highest BCUT2D eigenvalue weighted by molar-refractivity contribution is 9.11. The van der Waals surface area contributed by atoms with Crippen LogP contribution in [0.15, 0.2) is 9.85 Å². The molecule has 0 unspecified atom stereocenters. The molecule has 1 saturated heterocycles. The van der Waals surface area contributed by atoms with E-state index in [0.717, 1.165) is 21.9 Å². The summed E-state index contributed by atoms with van der Waals surface area (Å²) in [5.41, 5.74) is 0.626. The van der Waals surface area contributed by atoms with Crippen molar-refractivity contribution in [3.05, 3.63) is 15.4 Å². The smallest absolute Gasteiger partial charge is 0.340 e. The number of ether oxygens (including phenoxy) is 2. The lowest BCUT2D eigenvalue weighted by Gasteiger charge is -2.28. The Hall–Kier alpha value is -0.590. The fourth-order valence-electron chi connectivity index (χ4n) is 1.61. The molecule has 0 radical (unpaired) electrons. The van der Waals surface area contributed by atoms with E-state index in [9.17, 15) is 4.79 Å². The van der Waals surface area contributed by atoms with Crippen molar-refractivity contribution in [2.45, 2.75) is 0 Å². The van der Waals surface area contributed by atoms with Gasteiger partial charge in [-0.2, -0.15) is 0 Å². The van der Waals surface area contributed by atoms with E-state index < -0.39 is 0 Å². The highest BCUT2D eigenvalue weighted by atomic mass is 79.9. The van der Waals surface area contributed by atoms with Crippen LogP contribution in [-0.4, -0.2) is 39.4 Å². The number of rotatable bonds is 2. The molecule has 0 saturated carbocycles. The van der Waals surface area contributed by atoms with Gasteiger partial charge in [-0.25, -0.2) is 4.79 Å². The molecule has 0 N–H and O–H groups in total. The normalized spacial score (nSPS) is 16.2. The second kappa shape index (κ2) is 5.16. The molecule has 2 heterocycles. The highest BCUT2D eigenvalue weighted by Gasteiger charge is 2.22. The fourth-order valence-corrected chi connectivity index (χ4v) is 3.22. The van der Waals surface area contributed by atoms with E-state index in [-0.39, 0.29) is 5.97 Å². The van der Waals surface area contributed by atoms with Crippen molar-refractivity contribution in [2.75, 3.05) is 38.3 Å². The van der Waals surface area contributed by atoms with Crippen LogP contribution in [0.1, 0.15) is 10.4 Å². The zero-order valence-corrected chi connectivity index (χ0v) is 11.3. The first-order chi connectivity index (χ1) is 7.72. The molecule has 1 aliphatic rings. The molecule has 0 bridgehead atoms. The Balaban J connectivity index is 2.27. The molecule has 1 fully saturated rings. The Kier molecular flexibility index (Phi) is 3.83. The molecule has 6 heteroatoms. The molecule has 1 aliphatic heterocycles. The van der Waals surface area contributed by atoms with E-state index in [0.29, 0.717) is 18.8 Å². The maximum atomic E-state index is 11.6. The summed E-state index contributed by atoms with van der Waals surface area (Å²) in [6, 6.07) is 1.81. The third-order valence-corrected chi connectivity index (χ3v) is 4.08. The van der Waals surface area contributed by atoms with Crippen LogP contribution in [0.4, 0.5) is 5.00 Å². The summed E-state index contributed by atoms with van der Waals surface area (Å²) in [4.78, 5) is 13.8. The molecule has 0 amide bonds. The van der Waals surface area contributed by atoms with E-state index in [4.69, 9.17) is 9.47 Å². The first-order valence-corrected chi connectivity index (χ1v) is 6.53. The van der Waals surface area contributed by atoms with Crippen molar-refractivity contribution in [1.29, 1.82) is 0 Å². The summed E-state index contributed by atoms with van der Waals surface area (Å²) in [5, 5.41) is 0.960. The molecule has 1 aromatic heterocycles. The summed E-state index contributed by atoms with van der Waals surface area (Å²) in [5.74, 6) is -0.288. The van der Waals surface area contributed by atoms with Crippen molar-refractivity contribution < 1.29 is 14.3 Å². The predicted molar refractivity (Wildman–Crippen MR) is 66.4 cm³/mol. The number of carbonyl (C=O) groups excluding carboxylic acids is 1. The van der Waals surface area contributed by atoms with Gasteiger partial charge in [-0.05, 0) is 22.0 Å². The van der Waals surface area contributed by atoms with Crippen LogP contribution in [0.25, 0.3) is 0 Å². The quantitative estimate of drug-likeness (QED) is 0.785. The van der Waals surface area contributed by atoms with Gasteiger partial charge < -0.3 is 14.4 Å². The van der Waals surface area contributed by atoms with Gasteiger partial charge in [0, 0.05) is 13.1 Å². The lowest BCUT2D eigenvalue weighted by molar-refractivity contribution is 0.0601. The van der Waals surface area contributed by atoms with Crippen LogP contribution >= 0.6 is 27.3 Å². The second-order valence-corrected chi connectivity index (χ2v) is 5.77. The molecule has 0 atom stereocenters. The number of anilines is 1. The molecule has 16 heavy (non-hydrogen) atoms. The predicted octanol–water partition coefficient (Wildman–Crippen LogP) is 2.13. The average Bonchev–Trinajstić information content (AvgIpc) is 2.71.